The number of thiazole rings is 1. The van der Waals surface area contributed by atoms with Crippen molar-refractivity contribution in [1.29, 1.82) is 0 Å². The lowest BCUT2D eigenvalue weighted by atomic mass is 9.49. The molecule has 0 spiro atoms. The molecule has 3 aliphatic rings. The molecule has 0 saturated heterocycles. The van der Waals surface area contributed by atoms with Gasteiger partial charge in [-0.25, -0.2) is 0 Å². The van der Waals surface area contributed by atoms with E-state index < -0.39 is 11.1 Å². The monoisotopic (exact) mass is 353 g/mol. The van der Waals surface area contributed by atoms with Gasteiger partial charge in [0.25, 0.3) is 0 Å². The Hall–Kier alpha value is -2.61. The molecular weight excluding hydrogens is 338 g/mol. The fraction of sp³-hybridized carbons (Fsp3) is 0.353. The highest BCUT2D eigenvalue weighted by Crippen LogP contribution is 2.61. The summed E-state index contributed by atoms with van der Waals surface area (Å²) < 4.78 is 3.05. The van der Waals surface area contributed by atoms with Gasteiger partial charge in [0, 0.05) is 24.1 Å². The molecule has 126 valence electrons. The van der Waals surface area contributed by atoms with E-state index in [0.29, 0.717) is 5.69 Å². The average molecular weight is 353 g/mol. The summed E-state index contributed by atoms with van der Waals surface area (Å²) in [5.41, 5.74) is 2.12. The lowest BCUT2D eigenvalue weighted by Gasteiger charge is -2.62. The van der Waals surface area contributed by atoms with Gasteiger partial charge in [0.05, 0.1) is 22.6 Å². The van der Waals surface area contributed by atoms with Gasteiger partial charge in [0.15, 0.2) is 0 Å². The fourth-order valence-electron chi connectivity index (χ4n) is 3.83. The number of hydrogen-bond acceptors (Lipinski definition) is 6. The first-order valence-corrected chi connectivity index (χ1v) is 9.07. The summed E-state index contributed by atoms with van der Waals surface area (Å²) in [4.78, 5) is 29.8. The van der Waals surface area contributed by atoms with Crippen LogP contribution < -0.4 is 11.1 Å². The summed E-state index contributed by atoms with van der Waals surface area (Å²) in [5.74, 6) is 0.752. The molecule has 3 aromatic heterocycles. The minimum atomic E-state index is -0.499. The fourth-order valence-corrected chi connectivity index (χ4v) is 4.41. The van der Waals surface area contributed by atoms with Crippen LogP contribution in [0.15, 0.2) is 45.8 Å². The minimum absolute atomic E-state index is 0.0732. The Balaban J connectivity index is 1.42. The van der Waals surface area contributed by atoms with Crippen LogP contribution in [0.5, 0.6) is 0 Å². The lowest BCUT2D eigenvalue weighted by Crippen LogP contribution is -2.64. The van der Waals surface area contributed by atoms with Crippen molar-refractivity contribution in [3.63, 3.8) is 0 Å². The topological polar surface area (TPSA) is 82.7 Å². The molecule has 3 heterocycles. The lowest BCUT2D eigenvalue weighted by molar-refractivity contribution is -0.0919. The maximum absolute atomic E-state index is 12.4. The van der Waals surface area contributed by atoms with Crippen LogP contribution in [-0.4, -0.2) is 24.3 Å². The highest BCUT2D eigenvalue weighted by atomic mass is 32.1. The zero-order valence-electron chi connectivity index (χ0n) is 13.3. The van der Waals surface area contributed by atoms with Crippen molar-refractivity contribution >= 4 is 11.3 Å². The highest BCUT2D eigenvalue weighted by Gasteiger charge is 2.58. The second-order valence-electron chi connectivity index (χ2n) is 6.88. The number of nitrogens with zero attached hydrogens (tertiary/aromatic N) is 5. The Bertz CT molecular complexity index is 1030. The first-order chi connectivity index (χ1) is 12.1. The van der Waals surface area contributed by atoms with E-state index in [1.54, 1.807) is 28.7 Å². The molecule has 0 N–H and O–H groups in total. The summed E-state index contributed by atoms with van der Waals surface area (Å²) in [6.45, 7) is 0.237. The van der Waals surface area contributed by atoms with E-state index in [-0.39, 0.29) is 12.1 Å². The van der Waals surface area contributed by atoms with Crippen LogP contribution in [0.3, 0.4) is 0 Å². The Morgan fingerprint density at radius 3 is 2.56 bits per heavy atom. The van der Waals surface area contributed by atoms with E-state index in [9.17, 15) is 9.59 Å². The quantitative estimate of drug-likeness (QED) is 0.664. The van der Waals surface area contributed by atoms with Gasteiger partial charge in [-0.3, -0.25) is 14.6 Å². The van der Waals surface area contributed by atoms with E-state index in [1.165, 1.54) is 15.9 Å². The zero-order chi connectivity index (χ0) is 17.0. The third-order valence-electron chi connectivity index (χ3n) is 5.31. The van der Waals surface area contributed by atoms with Gasteiger partial charge in [-0.2, -0.15) is 5.10 Å². The summed E-state index contributed by atoms with van der Waals surface area (Å²) in [7, 11) is 0. The molecule has 3 fully saturated rings. The van der Waals surface area contributed by atoms with E-state index >= 15 is 0 Å². The average Bonchev–Trinajstić information content (AvgIpc) is 3.07. The first kappa shape index (κ1) is 14.7. The Morgan fingerprint density at radius 2 is 1.96 bits per heavy atom. The van der Waals surface area contributed by atoms with Crippen molar-refractivity contribution in [3.8, 4) is 10.6 Å². The Labute approximate surface area is 146 Å². The zero-order valence-corrected chi connectivity index (χ0v) is 14.1. The maximum Gasteiger partial charge on any atom is 0.316 e. The predicted octanol–water partition coefficient (Wildman–Crippen LogP) is 1.48. The van der Waals surface area contributed by atoms with Crippen molar-refractivity contribution in [2.75, 3.05) is 0 Å². The van der Waals surface area contributed by atoms with Gasteiger partial charge in [-0.1, -0.05) is 0 Å². The summed E-state index contributed by atoms with van der Waals surface area (Å²) >= 11 is 1.49. The van der Waals surface area contributed by atoms with Crippen LogP contribution in [0.2, 0.25) is 0 Å². The molecule has 8 heteroatoms. The third kappa shape index (κ3) is 2.21. The predicted molar refractivity (Wildman–Crippen MR) is 92.5 cm³/mol. The smallest absolute Gasteiger partial charge is 0.303 e. The molecule has 0 aliphatic heterocycles. The third-order valence-corrected chi connectivity index (χ3v) is 6.11. The van der Waals surface area contributed by atoms with Crippen molar-refractivity contribution in [3.05, 3.63) is 62.6 Å². The van der Waals surface area contributed by atoms with E-state index in [4.69, 9.17) is 0 Å². The molecule has 3 aromatic rings. The molecular formula is C17H15N5O2S. The van der Waals surface area contributed by atoms with Gasteiger partial charge >= 0.3 is 11.1 Å². The van der Waals surface area contributed by atoms with Crippen LogP contribution in [0.1, 0.15) is 25.0 Å². The number of rotatable bonds is 4. The standard InChI is InChI=1S/C17H15N5O2S/c23-15-16(24)22(17-5-11(6-17)7-17)4-3-21(15)9-12-1-2-13(20-19-12)14-8-18-10-25-14/h1-4,8,10-11H,5-7,9H2. The molecule has 0 unspecified atom stereocenters. The van der Waals surface area contributed by atoms with Gasteiger partial charge < -0.3 is 9.13 Å². The molecule has 0 radical (unpaired) electrons. The van der Waals surface area contributed by atoms with Crippen LogP contribution in [0.4, 0.5) is 0 Å². The molecule has 0 amide bonds. The number of hydrogen-bond donors (Lipinski definition) is 0. The molecule has 0 aromatic carbocycles. The summed E-state index contributed by atoms with van der Waals surface area (Å²) in [6, 6.07) is 3.67. The van der Waals surface area contributed by atoms with E-state index in [2.05, 4.69) is 15.2 Å². The molecule has 2 bridgehead atoms. The van der Waals surface area contributed by atoms with Crippen LogP contribution in [0.25, 0.3) is 10.6 Å². The molecule has 3 aliphatic carbocycles. The molecule has 25 heavy (non-hydrogen) atoms. The van der Waals surface area contributed by atoms with Gasteiger partial charge in [0.2, 0.25) is 0 Å². The molecule has 7 nitrogen and oxygen atoms in total. The first-order valence-electron chi connectivity index (χ1n) is 8.19. The van der Waals surface area contributed by atoms with Crippen molar-refractivity contribution in [1.82, 2.24) is 24.3 Å². The van der Waals surface area contributed by atoms with Crippen LogP contribution >= 0.6 is 11.3 Å². The Morgan fingerprint density at radius 1 is 1.12 bits per heavy atom. The van der Waals surface area contributed by atoms with E-state index in [1.807, 2.05) is 12.1 Å². The number of aromatic nitrogens is 5. The van der Waals surface area contributed by atoms with Gasteiger partial charge in [-0.15, -0.1) is 16.4 Å². The van der Waals surface area contributed by atoms with Gasteiger partial charge in [0.1, 0.15) is 5.69 Å². The van der Waals surface area contributed by atoms with Crippen molar-refractivity contribution in [2.45, 2.75) is 31.3 Å². The Kier molecular flexibility index (Phi) is 3.05. The maximum atomic E-state index is 12.4. The SMILES string of the molecule is O=c1c(=O)n(C23CC(C2)C3)ccn1Cc1ccc(-c2cncs2)nn1. The normalized spacial score (nSPS) is 23.8. The summed E-state index contributed by atoms with van der Waals surface area (Å²) in [6.07, 6.45) is 8.26. The highest BCUT2D eigenvalue weighted by molar-refractivity contribution is 7.13. The van der Waals surface area contributed by atoms with Crippen molar-refractivity contribution < 1.29 is 0 Å². The van der Waals surface area contributed by atoms with Crippen molar-refractivity contribution in [2.24, 2.45) is 5.92 Å². The second-order valence-corrected chi connectivity index (χ2v) is 7.77. The van der Waals surface area contributed by atoms with Crippen LogP contribution in [-0.2, 0) is 12.1 Å². The summed E-state index contributed by atoms with van der Waals surface area (Å²) in [5, 5.41) is 8.34. The molecule has 6 rings (SSSR count). The van der Waals surface area contributed by atoms with E-state index in [0.717, 1.165) is 35.8 Å². The molecule has 3 saturated carbocycles. The van der Waals surface area contributed by atoms with Gasteiger partial charge in [-0.05, 0) is 37.3 Å². The molecule has 0 atom stereocenters. The second kappa shape index (κ2) is 5.19. The largest absolute Gasteiger partial charge is 0.316 e. The van der Waals surface area contributed by atoms with Crippen LogP contribution in [0, 0.1) is 5.92 Å². The minimum Gasteiger partial charge on any atom is -0.303 e.